The maximum absolute atomic E-state index is 10.4. The standard InChI is InChI=1S/C32H68N2O2/c1-5-9-11-13-15-17-21-25-31(35)29-33(7-3)27-23-19-20-24-28-34(8-4)30-32(36)26-22-18-16-14-12-10-6-2/h31-32,35-36H,5-30H2,1-4H3. The molecule has 0 radical (unpaired) electrons. The summed E-state index contributed by atoms with van der Waals surface area (Å²) in [5, 5.41) is 20.9. The van der Waals surface area contributed by atoms with E-state index in [1.807, 2.05) is 0 Å². The molecule has 0 aliphatic carbocycles. The van der Waals surface area contributed by atoms with Crippen molar-refractivity contribution in [3.63, 3.8) is 0 Å². The molecule has 0 aromatic rings. The van der Waals surface area contributed by atoms with Gasteiger partial charge in [-0.2, -0.15) is 0 Å². The van der Waals surface area contributed by atoms with Crippen LogP contribution >= 0.6 is 0 Å². The monoisotopic (exact) mass is 513 g/mol. The number of unbranched alkanes of at least 4 members (excludes halogenated alkanes) is 15. The fourth-order valence-electron chi connectivity index (χ4n) is 5.23. The molecule has 2 unspecified atom stereocenters. The van der Waals surface area contributed by atoms with E-state index < -0.39 is 0 Å². The summed E-state index contributed by atoms with van der Waals surface area (Å²) in [7, 11) is 0. The Kier molecular flexibility index (Phi) is 27.7. The van der Waals surface area contributed by atoms with E-state index in [1.54, 1.807) is 0 Å². The van der Waals surface area contributed by atoms with Crippen molar-refractivity contribution in [1.82, 2.24) is 9.80 Å². The summed E-state index contributed by atoms with van der Waals surface area (Å²) >= 11 is 0. The first-order valence-electron chi connectivity index (χ1n) is 16.4. The van der Waals surface area contributed by atoms with Crippen molar-refractivity contribution in [2.24, 2.45) is 0 Å². The van der Waals surface area contributed by atoms with Gasteiger partial charge in [-0.05, 0) is 51.9 Å². The van der Waals surface area contributed by atoms with Crippen LogP contribution in [0, 0.1) is 0 Å². The third kappa shape index (κ3) is 24.2. The molecule has 0 spiro atoms. The van der Waals surface area contributed by atoms with Gasteiger partial charge in [-0.1, -0.05) is 130 Å². The van der Waals surface area contributed by atoms with Gasteiger partial charge in [0.15, 0.2) is 0 Å². The zero-order chi connectivity index (χ0) is 26.7. The molecule has 0 saturated carbocycles. The first kappa shape index (κ1) is 35.8. The Bertz CT molecular complexity index is 383. The van der Waals surface area contributed by atoms with Crippen LogP contribution in [0.1, 0.15) is 156 Å². The van der Waals surface area contributed by atoms with E-state index in [0.29, 0.717) is 0 Å². The van der Waals surface area contributed by atoms with Crippen LogP contribution in [0.2, 0.25) is 0 Å². The molecule has 0 amide bonds. The summed E-state index contributed by atoms with van der Waals surface area (Å²) in [5.41, 5.74) is 0. The Morgan fingerprint density at radius 2 is 0.722 bits per heavy atom. The number of nitrogens with zero attached hydrogens (tertiary/aromatic N) is 2. The van der Waals surface area contributed by atoms with Crippen LogP contribution in [-0.4, -0.2) is 71.5 Å². The minimum absolute atomic E-state index is 0.161. The third-order valence-corrected chi connectivity index (χ3v) is 7.81. The topological polar surface area (TPSA) is 46.9 Å². The molecule has 0 aromatic carbocycles. The van der Waals surface area contributed by atoms with Gasteiger partial charge in [0.1, 0.15) is 0 Å². The highest BCUT2D eigenvalue weighted by Crippen LogP contribution is 2.13. The number of hydrogen-bond donors (Lipinski definition) is 2. The summed E-state index contributed by atoms with van der Waals surface area (Å²) in [6.07, 6.45) is 25.0. The Morgan fingerprint density at radius 1 is 0.417 bits per heavy atom. The predicted octanol–water partition coefficient (Wildman–Crippen LogP) is 8.19. The molecule has 4 heteroatoms. The Balaban J connectivity index is 3.74. The maximum atomic E-state index is 10.4. The van der Waals surface area contributed by atoms with Crippen LogP contribution in [0.3, 0.4) is 0 Å². The van der Waals surface area contributed by atoms with Gasteiger partial charge in [0.25, 0.3) is 0 Å². The molecule has 2 N–H and O–H groups in total. The fourth-order valence-corrected chi connectivity index (χ4v) is 5.23. The van der Waals surface area contributed by atoms with Gasteiger partial charge in [0, 0.05) is 13.1 Å². The van der Waals surface area contributed by atoms with Gasteiger partial charge in [-0.3, -0.25) is 0 Å². The second kappa shape index (κ2) is 27.9. The number of aliphatic hydroxyl groups is 2. The molecule has 0 fully saturated rings. The van der Waals surface area contributed by atoms with Crippen molar-refractivity contribution in [3.8, 4) is 0 Å². The number of aliphatic hydroxyl groups excluding tert-OH is 2. The van der Waals surface area contributed by atoms with Gasteiger partial charge in [0.2, 0.25) is 0 Å². The van der Waals surface area contributed by atoms with Crippen molar-refractivity contribution in [2.75, 3.05) is 39.3 Å². The molecule has 0 rings (SSSR count). The van der Waals surface area contributed by atoms with E-state index in [1.165, 1.54) is 116 Å². The van der Waals surface area contributed by atoms with Gasteiger partial charge >= 0.3 is 0 Å². The minimum Gasteiger partial charge on any atom is -0.392 e. The molecule has 36 heavy (non-hydrogen) atoms. The number of likely N-dealkylation sites (N-methyl/N-ethyl adjacent to an activating group) is 2. The molecule has 218 valence electrons. The van der Waals surface area contributed by atoms with E-state index in [2.05, 4.69) is 37.5 Å². The zero-order valence-corrected chi connectivity index (χ0v) is 25.3. The van der Waals surface area contributed by atoms with Crippen LogP contribution in [0.5, 0.6) is 0 Å². The normalized spacial score (nSPS) is 13.7. The zero-order valence-electron chi connectivity index (χ0n) is 25.3. The Morgan fingerprint density at radius 3 is 1.06 bits per heavy atom. The molecule has 0 saturated heterocycles. The highest BCUT2D eigenvalue weighted by molar-refractivity contribution is 4.66. The van der Waals surface area contributed by atoms with Crippen molar-refractivity contribution >= 4 is 0 Å². The lowest BCUT2D eigenvalue weighted by Crippen LogP contribution is -2.33. The number of rotatable bonds is 29. The highest BCUT2D eigenvalue weighted by atomic mass is 16.3. The summed E-state index contributed by atoms with van der Waals surface area (Å²) in [6, 6.07) is 0. The van der Waals surface area contributed by atoms with Crippen molar-refractivity contribution in [3.05, 3.63) is 0 Å². The Labute approximate surface area is 227 Å². The second-order valence-corrected chi connectivity index (χ2v) is 11.3. The van der Waals surface area contributed by atoms with E-state index in [4.69, 9.17) is 0 Å². The fraction of sp³-hybridized carbons (Fsp3) is 1.00. The molecule has 2 atom stereocenters. The van der Waals surface area contributed by atoms with Gasteiger partial charge in [-0.25, -0.2) is 0 Å². The van der Waals surface area contributed by atoms with Gasteiger partial charge < -0.3 is 20.0 Å². The lowest BCUT2D eigenvalue weighted by atomic mass is 10.1. The van der Waals surface area contributed by atoms with Gasteiger partial charge in [0.05, 0.1) is 12.2 Å². The first-order chi connectivity index (χ1) is 17.6. The predicted molar refractivity (Wildman–Crippen MR) is 160 cm³/mol. The minimum atomic E-state index is -0.161. The molecule has 0 aliphatic heterocycles. The van der Waals surface area contributed by atoms with Gasteiger partial charge in [-0.15, -0.1) is 0 Å². The molecular formula is C32H68N2O2. The molecular weight excluding hydrogens is 444 g/mol. The quantitative estimate of drug-likeness (QED) is 0.0992. The van der Waals surface area contributed by atoms with Crippen molar-refractivity contribution < 1.29 is 10.2 Å². The van der Waals surface area contributed by atoms with Crippen LogP contribution < -0.4 is 0 Å². The SMILES string of the molecule is CCCCCCCCCC(O)CN(CC)CCCCCCN(CC)CC(O)CCCCCCCCC. The van der Waals surface area contributed by atoms with E-state index in [-0.39, 0.29) is 12.2 Å². The van der Waals surface area contributed by atoms with E-state index >= 15 is 0 Å². The Hall–Kier alpha value is -0.160. The highest BCUT2D eigenvalue weighted by Gasteiger charge is 2.11. The van der Waals surface area contributed by atoms with Crippen LogP contribution in [0.25, 0.3) is 0 Å². The van der Waals surface area contributed by atoms with Crippen LogP contribution in [0.15, 0.2) is 0 Å². The summed E-state index contributed by atoms with van der Waals surface area (Å²) < 4.78 is 0. The molecule has 0 bridgehead atoms. The second-order valence-electron chi connectivity index (χ2n) is 11.3. The van der Waals surface area contributed by atoms with Crippen LogP contribution in [0.4, 0.5) is 0 Å². The van der Waals surface area contributed by atoms with E-state index in [9.17, 15) is 10.2 Å². The maximum Gasteiger partial charge on any atom is 0.0667 e. The summed E-state index contributed by atoms with van der Waals surface area (Å²) in [4.78, 5) is 4.87. The molecule has 0 aliphatic rings. The smallest absolute Gasteiger partial charge is 0.0667 e. The molecule has 4 nitrogen and oxygen atoms in total. The van der Waals surface area contributed by atoms with E-state index in [0.717, 1.165) is 52.1 Å². The summed E-state index contributed by atoms with van der Waals surface area (Å²) in [5.74, 6) is 0. The first-order valence-corrected chi connectivity index (χ1v) is 16.4. The average molecular weight is 513 g/mol. The number of hydrogen-bond acceptors (Lipinski definition) is 4. The molecule has 0 heterocycles. The average Bonchev–Trinajstić information content (AvgIpc) is 2.88. The van der Waals surface area contributed by atoms with Crippen molar-refractivity contribution in [2.45, 2.75) is 168 Å². The molecule has 0 aromatic heterocycles. The van der Waals surface area contributed by atoms with Crippen LogP contribution in [-0.2, 0) is 0 Å². The largest absolute Gasteiger partial charge is 0.392 e. The summed E-state index contributed by atoms with van der Waals surface area (Å²) in [6.45, 7) is 14.9. The van der Waals surface area contributed by atoms with Crippen molar-refractivity contribution in [1.29, 1.82) is 0 Å². The lowest BCUT2D eigenvalue weighted by Gasteiger charge is -2.24. The lowest BCUT2D eigenvalue weighted by molar-refractivity contribution is 0.102. The third-order valence-electron chi connectivity index (χ3n) is 7.81.